The molecule has 0 rings (SSSR count). The van der Waals surface area contributed by atoms with Crippen molar-refractivity contribution >= 4 is 0 Å². The molecule has 0 N–H and O–H groups in total. The fourth-order valence-electron chi connectivity index (χ4n) is 0. The Hall–Kier alpha value is 0.675. The molecule has 0 saturated heterocycles. The second-order valence-corrected chi connectivity index (χ2v) is 2.40. The Labute approximate surface area is 42.9 Å². The monoisotopic (exact) mass is 243 g/mol. The number of hydrogen-bond acceptors (Lipinski definition) is 0. The van der Waals surface area contributed by atoms with Crippen molar-refractivity contribution in [2.24, 2.45) is 0 Å². The number of hydrogen-bond donors (Lipinski definition) is 0. The Balaban J connectivity index is 2.55. The van der Waals surface area contributed by atoms with Crippen molar-refractivity contribution in [2.75, 3.05) is 0 Å². The zero-order chi connectivity index (χ0) is 3.41. The fourth-order valence-corrected chi connectivity index (χ4v) is 0. The number of rotatable bonds is 0. The molecule has 0 aromatic carbocycles. The summed E-state index contributed by atoms with van der Waals surface area (Å²) in [7, 11) is 0. The van der Waals surface area contributed by atoms with Crippen molar-refractivity contribution < 1.29 is 26.1 Å². The molecule has 0 unspecified atom stereocenters. The fraction of sp³-hybridized carbons (Fsp3) is 0.333. The standard InChI is InChI=1S/C3H5.Hg/c1-3-2;/h1,3H,2H3;. The van der Waals surface area contributed by atoms with E-state index in [4.69, 9.17) is 0 Å². The van der Waals surface area contributed by atoms with Gasteiger partial charge in [0.25, 0.3) is 0 Å². The van der Waals surface area contributed by atoms with Crippen LogP contribution in [0.3, 0.4) is 0 Å². The summed E-state index contributed by atoms with van der Waals surface area (Å²) in [6.07, 6.45) is 2.09. The van der Waals surface area contributed by atoms with E-state index >= 15 is 0 Å². The molecule has 4 heavy (non-hydrogen) atoms. The van der Waals surface area contributed by atoms with Crippen LogP contribution in [0.25, 0.3) is 0 Å². The maximum atomic E-state index is 2.19. The topological polar surface area (TPSA) is 0 Å². The Morgan fingerprint density at radius 3 is 2.00 bits per heavy atom. The van der Waals surface area contributed by atoms with Crippen molar-refractivity contribution in [3.8, 4) is 0 Å². The van der Waals surface area contributed by atoms with Gasteiger partial charge in [-0.1, -0.05) is 0 Å². The van der Waals surface area contributed by atoms with E-state index in [-0.39, 0.29) is 0 Å². The SMILES string of the molecule is CC=[CH][Hg]. The number of allylic oxidation sites excluding steroid dienone is 1. The Morgan fingerprint density at radius 1 is 1.75 bits per heavy atom. The molecular formula is C3H5Hg. The zero-order valence-electron chi connectivity index (χ0n) is 2.86. The van der Waals surface area contributed by atoms with Crippen LogP contribution in [0.15, 0.2) is 9.66 Å². The average molecular weight is 242 g/mol. The van der Waals surface area contributed by atoms with Crippen LogP contribution in [0.1, 0.15) is 6.92 Å². The van der Waals surface area contributed by atoms with Crippen molar-refractivity contribution in [1.82, 2.24) is 0 Å². The second-order valence-electron chi connectivity index (χ2n) is 0.569. The van der Waals surface area contributed by atoms with Gasteiger partial charge in [0.05, 0.1) is 0 Å². The molecule has 0 aromatic heterocycles. The predicted octanol–water partition coefficient (Wildman–Crippen LogP) is 1.07. The third kappa shape index (κ3) is 2.68. The molecule has 19 valence electrons. The zero-order valence-corrected chi connectivity index (χ0v) is 8.36. The molecule has 1 heteroatoms. The minimum absolute atomic E-state index is 0.893. The third-order valence-corrected chi connectivity index (χ3v) is 2.07. The molecule has 0 bridgehead atoms. The van der Waals surface area contributed by atoms with Gasteiger partial charge in [0.15, 0.2) is 0 Å². The van der Waals surface area contributed by atoms with Crippen LogP contribution in [0.2, 0.25) is 0 Å². The van der Waals surface area contributed by atoms with Gasteiger partial charge in [0, 0.05) is 0 Å². The van der Waals surface area contributed by atoms with E-state index in [1.54, 1.807) is 0 Å². The first kappa shape index (κ1) is 4.68. The van der Waals surface area contributed by atoms with E-state index in [1.807, 2.05) is 6.92 Å². The van der Waals surface area contributed by atoms with Gasteiger partial charge in [0.1, 0.15) is 0 Å². The summed E-state index contributed by atoms with van der Waals surface area (Å²) in [5.41, 5.74) is 0. The first-order valence-electron chi connectivity index (χ1n) is 1.32. The van der Waals surface area contributed by atoms with E-state index in [2.05, 4.69) is 9.66 Å². The molecule has 0 amide bonds. The van der Waals surface area contributed by atoms with Crippen LogP contribution in [0.4, 0.5) is 0 Å². The van der Waals surface area contributed by atoms with Crippen molar-refractivity contribution in [3.63, 3.8) is 0 Å². The van der Waals surface area contributed by atoms with E-state index in [0.29, 0.717) is 0 Å². The van der Waals surface area contributed by atoms with Crippen molar-refractivity contribution in [1.29, 1.82) is 0 Å². The molecule has 0 spiro atoms. The summed E-state index contributed by atoms with van der Waals surface area (Å²) in [6.45, 7) is 2.05. The normalized spacial score (nSPS) is 9.75. The van der Waals surface area contributed by atoms with Gasteiger partial charge in [0.2, 0.25) is 0 Å². The molecule has 0 radical (unpaired) electrons. The Bertz CT molecular complexity index is 18.5. The molecule has 0 aromatic rings. The first-order chi connectivity index (χ1) is 1.91. The quantitative estimate of drug-likeness (QED) is 0.557. The van der Waals surface area contributed by atoms with Crippen LogP contribution < -0.4 is 0 Å². The van der Waals surface area contributed by atoms with Crippen molar-refractivity contribution in [2.45, 2.75) is 6.92 Å². The maximum absolute atomic E-state index is 2.19. The van der Waals surface area contributed by atoms with Gasteiger partial charge in [-0.3, -0.25) is 0 Å². The van der Waals surface area contributed by atoms with Gasteiger partial charge in [-0.05, 0) is 0 Å². The van der Waals surface area contributed by atoms with Gasteiger partial charge in [-0.2, -0.15) is 0 Å². The van der Waals surface area contributed by atoms with Crippen molar-refractivity contribution in [3.05, 3.63) is 9.66 Å². The van der Waals surface area contributed by atoms with Gasteiger partial charge in [-0.15, -0.1) is 0 Å². The van der Waals surface area contributed by atoms with Crippen LogP contribution in [0, 0.1) is 0 Å². The average Bonchev–Trinajstić information content (AvgIpc) is 1.37. The molecular weight excluding hydrogens is 237 g/mol. The van der Waals surface area contributed by atoms with Crippen LogP contribution >= 0.6 is 0 Å². The second kappa shape index (κ2) is 3.68. The van der Waals surface area contributed by atoms with Gasteiger partial charge < -0.3 is 0 Å². The molecule has 0 aliphatic rings. The molecule has 0 nitrogen and oxygen atoms in total. The van der Waals surface area contributed by atoms with E-state index in [9.17, 15) is 0 Å². The summed E-state index contributed by atoms with van der Waals surface area (Å²) >= 11 is 0.893. The molecule has 0 heterocycles. The Morgan fingerprint density at radius 2 is 2.00 bits per heavy atom. The van der Waals surface area contributed by atoms with E-state index in [1.165, 1.54) is 0 Å². The molecule has 0 atom stereocenters. The van der Waals surface area contributed by atoms with E-state index in [0.717, 1.165) is 26.1 Å². The third-order valence-electron chi connectivity index (χ3n) is 0.236. The van der Waals surface area contributed by atoms with Crippen LogP contribution in [-0.2, 0) is 26.1 Å². The minimum atomic E-state index is 0.893. The molecule has 0 saturated carbocycles. The molecule has 0 aliphatic heterocycles. The summed E-state index contributed by atoms with van der Waals surface area (Å²) in [4.78, 5) is 0. The summed E-state index contributed by atoms with van der Waals surface area (Å²) in [5.74, 6) is 0. The predicted molar refractivity (Wildman–Crippen MR) is 14.8 cm³/mol. The van der Waals surface area contributed by atoms with Gasteiger partial charge in [-0.25, -0.2) is 0 Å². The summed E-state index contributed by atoms with van der Waals surface area (Å²) < 4.78 is 2.19. The molecule has 0 fully saturated rings. The van der Waals surface area contributed by atoms with Gasteiger partial charge >= 0.3 is 42.7 Å². The van der Waals surface area contributed by atoms with Crippen LogP contribution in [0.5, 0.6) is 0 Å². The summed E-state index contributed by atoms with van der Waals surface area (Å²) in [5, 5.41) is 0. The van der Waals surface area contributed by atoms with E-state index < -0.39 is 0 Å². The Kier molecular flexibility index (Phi) is 4.30. The van der Waals surface area contributed by atoms with Crippen LogP contribution in [-0.4, -0.2) is 0 Å². The first-order valence-corrected chi connectivity index (χ1v) is 4.49. The molecule has 0 aliphatic carbocycles. The summed E-state index contributed by atoms with van der Waals surface area (Å²) in [6, 6.07) is 0.